The van der Waals surface area contributed by atoms with Crippen molar-refractivity contribution >= 4 is 23.0 Å². The first kappa shape index (κ1) is 11.2. The Morgan fingerprint density at radius 3 is 2.82 bits per heavy atom. The van der Waals surface area contributed by atoms with E-state index in [-0.39, 0.29) is 0 Å². The number of hydrogen-bond donors (Lipinski definition) is 1. The van der Waals surface area contributed by atoms with Gasteiger partial charge in [-0.2, -0.15) is 0 Å². The van der Waals surface area contributed by atoms with E-state index in [1.807, 2.05) is 12.1 Å². The minimum absolute atomic E-state index is 0.312. The fourth-order valence-corrected chi connectivity index (χ4v) is 3.77. The lowest BCUT2D eigenvalue weighted by Crippen LogP contribution is -2.54. The molecule has 2 nitrogen and oxygen atoms in total. The van der Waals surface area contributed by atoms with Crippen LogP contribution in [0.3, 0.4) is 0 Å². The Balaban J connectivity index is 2.09. The summed E-state index contributed by atoms with van der Waals surface area (Å²) in [6.07, 6.45) is 5.27. The number of likely N-dealkylation sites (N-methyl/N-ethyl adjacent to an activating group) is 1. The minimum Gasteiger partial charge on any atom is -0.381 e. The number of hydrogen-bond acceptors (Lipinski definition) is 2. The van der Waals surface area contributed by atoms with Gasteiger partial charge >= 0.3 is 0 Å². The van der Waals surface area contributed by atoms with Gasteiger partial charge in [-0.15, -0.1) is 0 Å². The van der Waals surface area contributed by atoms with Crippen LogP contribution in [0.2, 0.25) is 5.02 Å². The molecular weight excluding hydrogens is 232 g/mol. The molecule has 1 spiro atoms. The predicted octanol–water partition coefficient (Wildman–Crippen LogP) is 3.90. The Hall–Kier alpha value is -0.890. The molecular formula is C14H19ClN2. The molecule has 1 aromatic carbocycles. The lowest BCUT2D eigenvalue weighted by molar-refractivity contribution is 0.412. The van der Waals surface area contributed by atoms with E-state index in [2.05, 4.69) is 23.2 Å². The number of rotatable bonds is 1. The fourth-order valence-electron chi connectivity index (χ4n) is 3.50. The van der Waals surface area contributed by atoms with Gasteiger partial charge in [-0.3, -0.25) is 0 Å². The third kappa shape index (κ3) is 1.61. The molecule has 0 radical (unpaired) electrons. The Kier molecular flexibility index (Phi) is 2.70. The molecule has 1 aliphatic heterocycles. The van der Waals surface area contributed by atoms with Crippen LogP contribution in [0.15, 0.2) is 18.2 Å². The van der Waals surface area contributed by atoms with Gasteiger partial charge in [-0.1, -0.05) is 30.5 Å². The quantitative estimate of drug-likeness (QED) is 0.813. The summed E-state index contributed by atoms with van der Waals surface area (Å²) in [4.78, 5) is 2.54. The highest BCUT2D eigenvalue weighted by Crippen LogP contribution is 2.46. The van der Waals surface area contributed by atoms with Crippen molar-refractivity contribution in [2.45, 2.75) is 38.1 Å². The van der Waals surface area contributed by atoms with Crippen molar-refractivity contribution in [2.24, 2.45) is 0 Å². The van der Waals surface area contributed by atoms with E-state index in [0.717, 1.165) is 18.1 Å². The van der Waals surface area contributed by atoms with Crippen LogP contribution < -0.4 is 10.2 Å². The van der Waals surface area contributed by atoms with Crippen molar-refractivity contribution in [3.63, 3.8) is 0 Å². The summed E-state index contributed by atoms with van der Waals surface area (Å²) >= 11 is 6.40. The maximum absolute atomic E-state index is 6.40. The van der Waals surface area contributed by atoms with Crippen LogP contribution >= 0.6 is 11.6 Å². The molecule has 17 heavy (non-hydrogen) atoms. The molecule has 92 valence electrons. The first-order valence-corrected chi connectivity index (χ1v) is 6.95. The molecule has 3 rings (SSSR count). The summed E-state index contributed by atoms with van der Waals surface area (Å²) in [7, 11) is 0. The predicted molar refractivity (Wildman–Crippen MR) is 74.2 cm³/mol. The minimum atomic E-state index is 0.312. The van der Waals surface area contributed by atoms with Gasteiger partial charge in [0.1, 0.15) is 0 Å². The van der Waals surface area contributed by atoms with Gasteiger partial charge in [0.15, 0.2) is 0 Å². The number of nitrogens with one attached hydrogen (secondary N) is 1. The Morgan fingerprint density at radius 2 is 2.12 bits per heavy atom. The molecule has 1 aliphatic carbocycles. The number of anilines is 2. The van der Waals surface area contributed by atoms with E-state index in [4.69, 9.17) is 11.6 Å². The Bertz CT molecular complexity index is 424. The van der Waals surface area contributed by atoms with Crippen LogP contribution in [0, 0.1) is 0 Å². The van der Waals surface area contributed by atoms with Crippen LogP contribution in [-0.4, -0.2) is 18.6 Å². The van der Waals surface area contributed by atoms with Gasteiger partial charge in [0.05, 0.1) is 21.9 Å². The van der Waals surface area contributed by atoms with Crippen LogP contribution in [-0.2, 0) is 0 Å². The molecule has 0 unspecified atom stereocenters. The van der Waals surface area contributed by atoms with Crippen molar-refractivity contribution in [3.05, 3.63) is 23.2 Å². The van der Waals surface area contributed by atoms with Gasteiger partial charge in [0, 0.05) is 13.1 Å². The molecule has 0 atom stereocenters. The van der Waals surface area contributed by atoms with E-state index in [0.29, 0.717) is 5.54 Å². The molecule has 1 saturated carbocycles. The highest BCUT2D eigenvalue weighted by molar-refractivity contribution is 6.34. The van der Waals surface area contributed by atoms with E-state index in [1.54, 1.807) is 0 Å². The van der Waals surface area contributed by atoms with Gasteiger partial charge in [0.25, 0.3) is 0 Å². The summed E-state index contributed by atoms with van der Waals surface area (Å²) in [5, 5.41) is 4.45. The number of fused-ring (bicyclic) bond motifs is 1. The van der Waals surface area contributed by atoms with Crippen molar-refractivity contribution in [2.75, 3.05) is 23.3 Å². The molecule has 1 N–H and O–H groups in total. The van der Waals surface area contributed by atoms with Crippen molar-refractivity contribution in [1.82, 2.24) is 0 Å². The molecule has 2 aliphatic rings. The molecule has 0 aromatic heterocycles. The zero-order valence-corrected chi connectivity index (χ0v) is 11.1. The largest absolute Gasteiger partial charge is 0.381 e. The molecule has 0 bridgehead atoms. The normalized spacial score (nSPS) is 21.4. The Labute approximate surface area is 108 Å². The maximum atomic E-state index is 6.40. The molecule has 1 heterocycles. The zero-order chi connectivity index (χ0) is 11.9. The second kappa shape index (κ2) is 4.09. The van der Waals surface area contributed by atoms with E-state index in [1.165, 1.54) is 37.1 Å². The first-order valence-electron chi connectivity index (χ1n) is 6.57. The second-order valence-electron chi connectivity index (χ2n) is 5.17. The van der Waals surface area contributed by atoms with E-state index >= 15 is 0 Å². The molecule has 1 aromatic rings. The van der Waals surface area contributed by atoms with Crippen molar-refractivity contribution < 1.29 is 0 Å². The van der Waals surface area contributed by atoms with Gasteiger partial charge in [0.2, 0.25) is 0 Å². The SMILES string of the molecule is CCN1c2c(Cl)cccc2NCC12CCCC2. The zero-order valence-electron chi connectivity index (χ0n) is 10.3. The molecule has 3 heteroatoms. The van der Waals surface area contributed by atoms with Crippen molar-refractivity contribution in [1.29, 1.82) is 0 Å². The Morgan fingerprint density at radius 1 is 1.35 bits per heavy atom. The second-order valence-corrected chi connectivity index (χ2v) is 5.57. The van der Waals surface area contributed by atoms with E-state index in [9.17, 15) is 0 Å². The van der Waals surface area contributed by atoms with Crippen LogP contribution in [0.4, 0.5) is 11.4 Å². The summed E-state index contributed by atoms with van der Waals surface area (Å²) in [5.74, 6) is 0. The van der Waals surface area contributed by atoms with Crippen LogP contribution in [0.25, 0.3) is 0 Å². The van der Waals surface area contributed by atoms with Gasteiger partial charge < -0.3 is 10.2 Å². The maximum Gasteiger partial charge on any atom is 0.0796 e. The van der Waals surface area contributed by atoms with Crippen LogP contribution in [0.1, 0.15) is 32.6 Å². The number of halogens is 1. The summed E-state index contributed by atoms with van der Waals surface area (Å²) in [6.45, 7) is 4.34. The third-order valence-electron chi connectivity index (χ3n) is 4.29. The first-order chi connectivity index (χ1) is 8.27. The molecule has 0 saturated heterocycles. The molecule has 1 fully saturated rings. The van der Waals surface area contributed by atoms with Crippen molar-refractivity contribution in [3.8, 4) is 0 Å². The monoisotopic (exact) mass is 250 g/mol. The van der Waals surface area contributed by atoms with Gasteiger partial charge in [-0.05, 0) is 31.9 Å². The number of nitrogens with zero attached hydrogens (tertiary/aromatic N) is 1. The lowest BCUT2D eigenvalue weighted by Gasteiger charge is -2.47. The van der Waals surface area contributed by atoms with Crippen LogP contribution in [0.5, 0.6) is 0 Å². The van der Waals surface area contributed by atoms with Gasteiger partial charge in [-0.25, -0.2) is 0 Å². The molecule has 0 amide bonds. The summed E-state index contributed by atoms with van der Waals surface area (Å²) in [6, 6.07) is 6.15. The highest BCUT2D eigenvalue weighted by Gasteiger charge is 2.42. The average molecular weight is 251 g/mol. The summed E-state index contributed by atoms with van der Waals surface area (Å²) in [5.41, 5.74) is 2.72. The fraction of sp³-hybridized carbons (Fsp3) is 0.571. The topological polar surface area (TPSA) is 15.3 Å². The third-order valence-corrected chi connectivity index (χ3v) is 4.59. The lowest BCUT2D eigenvalue weighted by atomic mass is 9.91. The number of para-hydroxylation sites is 1. The standard InChI is InChI=1S/C14H19ClN2/c1-2-17-13-11(15)6-5-7-12(13)16-10-14(17)8-3-4-9-14/h5-7,16H,2-4,8-10H2,1H3. The smallest absolute Gasteiger partial charge is 0.0796 e. The summed E-state index contributed by atoms with van der Waals surface area (Å²) < 4.78 is 0. The average Bonchev–Trinajstić information content (AvgIpc) is 2.79. The number of benzene rings is 1. The van der Waals surface area contributed by atoms with E-state index < -0.39 is 0 Å². The highest BCUT2D eigenvalue weighted by atomic mass is 35.5.